The van der Waals surface area contributed by atoms with Crippen molar-refractivity contribution < 1.29 is 37.6 Å². The molecule has 0 bridgehead atoms. The number of fused-ring (bicyclic) bond motifs is 3. The molecule has 10 nitrogen and oxygen atoms in total. The number of hydrogen-bond acceptors (Lipinski definition) is 10. The number of phenolic OH excluding ortho intramolecular Hbond substituents is 1. The maximum Gasteiger partial charge on any atom is 0.319 e. The van der Waals surface area contributed by atoms with Gasteiger partial charge in [0.1, 0.15) is 28.4 Å². The second-order valence-electron chi connectivity index (χ2n) is 14.8. The fourth-order valence-corrected chi connectivity index (χ4v) is 8.85. The lowest BCUT2D eigenvalue weighted by Gasteiger charge is -2.53. The lowest BCUT2D eigenvalue weighted by Crippen LogP contribution is -2.59. The van der Waals surface area contributed by atoms with Crippen LogP contribution >= 0.6 is 0 Å². The van der Waals surface area contributed by atoms with Gasteiger partial charge in [0.15, 0.2) is 17.5 Å². The van der Waals surface area contributed by atoms with Crippen molar-refractivity contribution in [1.82, 2.24) is 19.9 Å². The number of piperidine rings is 1. The smallest absolute Gasteiger partial charge is 0.319 e. The van der Waals surface area contributed by atoms with Crippen molar-refractivity contribution >= 4 is 27.5 Å². The molecule has 4 fully saturated rings. The number of likely N-dealkylation sites (tertiary alicyclic amines) is 1. The fraction of sp³-hybridized carbons (Fsp3) is 0.564. The van der Waals surface area contributed by atoms with Gasteiger partial charge in [-0.1, -0.05) is 26.3 Å². The summed E-state index contributed by atoms with van der Waals surface area (Å²) in [4.78, 5) is 18.2. The minimum atomic E-state index is -1.21. The van der Waals surface area contributed by atoms with Crippen LogP contribution < -0.4 is 9.64 Å². The van der Waals surface area contributed by atoms with Crippen LogP contribution in [0.15, 0.2) is 30.5 Å². The molecule has 2 N–H and O–H groups in total. The quantitative estimate of drug-likeness (QED) is 0.212. The van der Waals surface area contributed by atoms with Gasteiger partial charge in [-0.3, -0.25) is 9.88 Å². The molecule has 2 saturated carbocycles. The number of ether oxygens (including phenoxy) is 3. The molecule has 2 aromatic carbocycles. The Morgan fingerprint density at radius 2 is 1.83 bits per heavy atom. The summed E-state index contributed by atoms with van der Waals surface area (Å²) < 4.78 is 64.2. The molecule has 280 valence electrons. The van der Waals surface area contributed by atoms with Crippen LogP contribution in [0.3, 0.4) is 0 Å². The average Bonchev–Trinajstić information content (AvgIpc) is 3.46. The van der Waals surface area contributed by atoms with Crippen LogP contribution in [0, 0.1) is 22.9 Å². The van der Waals surface area contributed by atoms with Crippen LogP contribution in [0.5, 0.6) is 11.8 Å². The fourth-order valence-electron chi connectivity index (χ4n) is 8.85. The highest BCUT2D eigenvalue weighted by Crippen LogP contribution is 2.50. The molecule has 52 heavy (non-hydrogen) atoms. The standard InChI is InChI=1S/C37H42F3N5O5.C2H6/c1-36(47)18-44(11-12-49-19-36)34-26-17-41-32(25-16-23(46)13-21-6-7-27(38)30(39)29(21)25)31(40)33(26)42-35(43-34)50-20-37-8-3-5-28(37)45(10-4-9-37)22-14-24(15-22)48-2;1-2/h6-7,13,16-17,22,24,28,46-47H,3-5,8-12,14-15,18-20H2,1-2H3;1-2H3. The molecular weight excluding hydrogens is 675 g/mol. The Bertz CT molecular complexity index is 1940. The normalized spacial score (nSPS) is 27.8. The van der Waals surface area contributed by atoms with E-state index in [1.54, 1.807) is 14.0 Å². The SMILES string of the molecule is CC.COC1CC(N2CCCC3(COc4nc(N5CCOCC(C)(O)C5)c5cnc(-c6cc(O)cc7ccc(F)c(F)c67)c(F)c5n4)CCCC23)C1. The van der Waals surface area contributed by atoms with Gasteiger partial charge in [0.25, 0.3) is 0 Å². The average molecular weight is 724 g/mol. The van der Waals surface area contributed by atoms with Gasteiger partial charge in [-0.25, -0.2) is 13.2 Å². The van der Waals surface area contributed by atoms with E-state index in [9.17, 15) is 14.6 Å². The lowest BCUT2D eigenvalue weighted by molar-refractivity contribution is -0.0845. The number of aliphatic hydroxyl groups is 1. The Kier molecular flexibility index (Phi) is 10.2. The van der Waals surface area contributed by atoms with Crippen LogP contribution in [0.25, 0.3) is 32.9 Å². The first-order valence-electron chi connectivity index (χ1n) is 18.5. The summed E-state index contributed by atoms with van der Waals surface area (Å²) in [5.41, 5.74) is -1.87. The third kappa shape index (κ3) is 6.65. The van der Waals surface area contributed by atoms with Gasteiger partial charge in [-0.05, 0) is 75.6 Å². The Balaban J connectivity index is 0.00000207. The number of methoxy groups -OCH3 is 1. The zero-order valence-electron chi connectivity index (χ0n) is 30.3. The molecule has 2 saturated heterocycles. The summed E-state index contributed by atoms with van der Waals surface area (Å²) in [6.07, 6.45) is 9.02. The van der Waals surface area contributed by atoms with E-state index >= 15 is 8.78 Å². The van der Waals surface area contributed by atoms with Gasteiger partial charge in [-0.2, -0.15) is 9.97 Å². The number of benzene rings is 2. The first-order valence-corrected chi connectivity index (χ1v) is 18.5. The Labute approximate surface area is 301 Å². The molecule has 0 amide bonds. The molecule has 4 aromatic rings. The molecule has 2 aliphatic heterocycles. The molecule has 0 spiro atoms. The summed E-state index contributed by atoms with van der Waals surface area (Å²) in [7, 11) is 1.77. The molecule has 3 atom stereocenters. The molecular formula is C39H48F3N5O5. The monoisotopic (exact) mass is 723 g/mol. The second kappa shape index (κ2) is 14.6. The minimum absolute atomic E-state index is 0.0217. The zero-order chi connectivity index (χ0) is 36.8. The number of nitrogens with zero attached hydrogens (tertiary/aromatic N) is 5. The molecule has 4 aliphatic rings. The number of pyridine rings is 1. The van der Waals surface area contributed by atoms with Gasteiger partial charge in [0, 0.05) is 48.3 Å². The van der Waals surface area contributed by atoms with Crippen molar-refractivity contribution in [2.75, 3.05) is 51.5 Å². The number of aromatic hydroxyl groups is 1. The number of β-amino-alcohol motifs (C(OH)–C–C–N with tert-alkyl or cyclic N) is 1. The van der Waals surface area contributed by atoms with Crippen LogP contribution in [0.4, 0.5) is 19.0 Å². The topological polar surface area (TPSA) is 113 Å². The van der Waals surface area contributed by atoms with E-state index in [1.807, 2.05) is 18.7 Å². The molecule has 4 heterocycles. The maximum atomic E-state index is 16.8. The molecule has 2 aromatic heterocycles. The largest absolute Gasteiger partial charge is 0.508 e. The van der Waals surface area contributed by atoms with E-state index in [0.717, 1.165) is 63.6 Å². The molecule has 0 radical (unpaired) electrons. The number of phenols is 1. The summed E-state index contributed by atoms with van der Waals surface area (Å²) in [6, 6.07) is 5.55. The second-order valence-corrected chi connectivity index (χ2v) is 14.8. The van der Waals surface area contributed by atoms with E-state index in [0.29, 0.717) is 43.8 Å². The predicted molar refractivity (Wildman–Crippen MR) is 192 cm³/mol. The highest BCUT2D eigenvalue weighted by molar-refractivity contribution is 6.00. The molecule has 2 aliphatic carbocycles. The third-order valence-electron chi connectivity index (χ3n) is 11.4. The van der Waals surface area contributed by atoms with Crippen molar-refractivity contribution in [3.05, 3.63) is 47.9 Å². The van der Waals surface area contributed by atoms with E-state index in [2.05, 4.69) is 14.9 Å². The summed E-state index contributed by atoms with van der Waals surface area (Å²) in [5.74, 6) is -3.13. The van der Waals surface area contributed by atoms with E-state index < -0.39 is 23.1 Å². The van der Waals surface area contributed by atoms with Crippen LogP contribution in [-0.4, -0.2) is 100 Å². The summed E-state index contributed by atoms with van der Waals surface area (Å²) in [5, 5.41) is 21.7. The lowest BCUT2D eigenvalue weighted by atomic mass is 9.73. The highest BCUT2D eigenvalue weighted by Gasteiger charge is 2.51. The van der Waals surface area contributed by atoms with Crippen LogP contribution in [0.2, 0.25) is 0 Å². The van der Waals surface area contributed by atoms with Crippen LogP contribution in [0.1, 0.15) is 65.7 Å². The van der Waals surface area contributed by atoms with E-state index in [1.165, 1.54) is 18.3 Å². The molecule has 13 heteroatoms. The van der Waals surface area contributed by atoms with Crippen molar-refractivity contribution in [3.63, 3.8) is 0 Å². The molecule has 8 rings (SSSR count). The van der Waals surface area contributed by atoms with E-state index in [4.69, 9.17) is 19.2 Å². The van der Waals surface area contributed by atoms with Gasteiger partial charge in [0.2, 0.25) is 0 Å². The zero-order valence-corrected chi connectivity index (χ0v) is 30.3. The third-order valence-corrected chi connectivity index (χ3v) is 11.4. The number of anilines is 1. The Morgan fingerprint density at radius 1 is 1.04 bits per heavy atom. The summed E-state index contributed by atoms with van der Waals surface area (Å²) >= 11 is 0. The van der Waals surface area contributed by atoms with Crippen molar-refractivity contribution in [2.24, 2.45) is 5.41 Å². The Hall–Kier alpha value is -3.78. The van der Waals surface area contributed by atoms with Gasteiger partial charge in [-0.15, -0.1) is 0 Å². The van der Waals surface area contributed by atoms with Crippen LogP contribution in [-0.2, 0) is 9.47 Å². The Morgan fingerprint density at radius 3 is 2.62 bits per heavy atom. The number of rotatable bonds is 7. The van der Waals surface area contributed by atoms with Crippen molar-refractivity contribution in [2.45, 2.75) is 89.5 Å². The summed E-state index contributed by atoms with van der Waals surface area (Å²) in [6.45, 7) is 8.00. The van der Waals surface area contributed by atoms with Crippen molar-refractivity contribution in [1.29, 1.82) is 0 Å². The van der Waals surface area contributed by atoms with Gasteiger partial charge < -0.3 is 29.3 Å². The van der Waals surface area contributed by atoms with Gasteiger partial charge in [0.05, 0.1) is 37.9 Å². The highest BCUT2D eigenvalue weighted by atomic mass is 19.2. The number of halogens is 3. The predicted octanol–water partition coefficient (Wildman–Crippen LogP) is 6.77. The molecule has 3 unspecified atom stereocenters. The maximum absolute atomic E-state index is 16.8. The van der Waals surface area contributed by atoms with E-state index in [-0.39, 0.29) is 63.3 Å². The minimum Gasteiger partial charge on any atom is -0.508 e. The number of aromatic nitrogens is 3. The first-order chi connectivity index (χ1) is 25.1. The van der Waals surface area contributed by atoms with Gasteiger partial charge >= 0.3 is 6.01 Å². The first kappa shape index (κ1) is 36.6. The number of hydrogen-bond donors (Lipinski definition) is 2. The van der Waals surface area contributed by atoms with Crippen molar-refractivity contribution in [3.8, 4) is 23.0 Å².